The summed E-state index contributed by atoms with van der Waals surface area (Å²) < 4.78 is 4.82. The van der Waals surface area contributed by atoms with Crippen molar-refractivity contribution in [2.24, 2.45) is 5.41 Å². The third-order valence-electron chi connectivity index (χ3n) is 2.89. The number of nitrogens with zero attached hydrogens (tertiary/aromatic N) is 1. The molecule has 1 unspecified atom stereocenters. The molecule has 0 bridgehead atoms. The summed E-state index contributed by atoms with van der Waals surface area (Å²) in [6.07, 6.45) is 1.75. The minimum atomic E-state index is -0.797. The van der Waals surface area contributed by atoms with E-state index in [-0.39, 0.29) is 5.78 Å². The Hall–Kier alpha value is -1.37. The van der Waals surface area contributed by atoms with Gasteiger partial charge in [-0.3, -0.25) is 9.59 Å². The van der Waals surface area contributed by atoms with Gasteiger partial charge in [0.1, 0.15) is 11.9 Å². The zero-order valence-electron chi connectivity index (χ0n) is 9.08. The van der Waals surface area contributed by atoms with Crippen LogP contribution in [0.4, 0.5) is 0 Å². The van der Waals surface area contributed by atoms with Crippen LogP contribution in [-0.4, -0.2) is 17.9 Å². The molecule has 0 saturated heterocycles. The van der Waals surface area contributed by atoms with E-state index in [1.807, 2.05) is 13.0 Å². The Kier molecular flexibility index (Phi) is 3.46. The first-order chi connectivity index (χ1) is 6.98. The van der Waals surface area contributed by atoms with E-state index >= 15 is 0 Å². The second-order valence-electron chi connectivity index (χ2n) is 4.27. The fraction of sp³-hybridized carbons (Fsp3) is 0.727. The van der Waals surface area contributed by atoms with Crippen molar-refractivity contribution < 1.29 is 14.3 Å². The molecule has 0 aromatic heterocycles. The summed E-state index contributed by atoms with van der Waals surface area (Å²) in [5.74, 6) is -0.300. The zero-order chi connectivity index (χ0) is 11.5. The zero-order valence-corrected chi connectivity index (χ0v) is 9.08. The smallest absolute Gasteiger partial charge is 0.303 e. The minimum absolute atomic E-state index is 0.176. The minimum Gasteiger partial charge on any atom is -0.447 e. The average Bonchev–Trinajstić information content (AvgIpc) is 2.45. The highest BCUT2D eigenvalue weighted by Gasteiger charge is 2.39. The van der Waals surface area contributed by atoms with Crippen LogP contribution in [-0.2, 0) is 14.3 Å². The second-order valence-corrected chi connectivity index (χ2v) is 4.27. The van der Waals surface area contributed by atoms with E-state index < -0.39 is 17.5 Å². The molecule has 0 heterocycles. The molecule has 0 amide bonds. The van der Waals surface area contributed by atoms with Gasteiger partial charge < -0.3 is 4.74 Å². The summed E-state index contributed by atoms with van der Waals surface area (Å²) in [5.41, 5.74) is -0.476. The molecule has 4 heteroatoms. The van der Waals surface area contributed by atoms with Gasteiger partial charge in [0.2, 0.25) is 0 Å². The molecule has 4 nitrogen and oxygen atoms in total. The summed E-state index contributed by atoms with van der Waals surface area (Å²) in [5, 5.41) is 8.80. The Morgan fingerprint density at radius 2 is 2.40 bits per heavy atom. The van der Waals surface area contributed by atoms with Crippen LogP contribution >= 0.6 is 0 Å². The first-order valence-electron chi connectivity index (χ1n) is 5.08. The first kappa shape index (κ1) is 11.7. The number of Topliss-reactive ketones (excluding diaryl/α,β-unsaturated/α-hetero) is 1. The molecule has 1 aliphatic carbocycles. The van der Waals surface area contributed by atoms with Crippen molar-refractivity contribution in [2.75, 3.05) is 0 Å². The molecule has 1 aliphatic rings. The quantitative estimate of drug-likeness (QED) is 0.662. The summed E-state index contributed by atoms with van der Waals surface area (Å²) in [6.45, 7) is 3.11. The number of hydrogen-bond acceptors (Lipinski definition) is 4. The van der Waals surface area contributed by atoms with Gasteiger partial charge in [0, 0.05) is 25.2 Å². The Labute approximate surface area is 89.2 Å². The third-order valence-corrected chi connectivity index (χ3v) is 2.89. The van der Waals surface area contributed by atoms with Crippen LogP contribution in [0.25, 0.3) is 0 Å². The summed E-state index contributed by atoms with van der Waals surface area (Å²) >= 11 is 0. The van der Waals surface area contributed by atoms with Crippen molar-refractivity contribution in [1.29, 1.82) is 5.26 Å². The van der Waals surface area contributed by atoms with Gasteiger partial charge in [-0.2, -0.15) is 5.26 Å². The molecular formula is C11H15NO3. The lowest BCUT2D eigenvalue weighted by Gasteiger charge is -2.23. The topological polar surface area (TPSA) is 67.2 Å². The molecule has 0 radical (unpaired) electrons. The maximum atomic E-state index is 11.6. The first-order valence-corrected chi connectivity index (χ1v) is 5.08. The Morgan fingerprint density at radius 3 is 2.80 bits per heavy atom. The van der Waals surface area contributed by atoms with Crippen molar-refractivity contribution in [3.05, 3.63) is 0 Å². The van der Waals surface area contributed by atoms with E-state index in [1.54, 1.807) is 0 Å². The van der Waals surface area contributed by atoms with E-state index in [4.69, 9.17) is 10.00 Å². The van der Waals surface area contributed by atoms with Crippen LogP contribution in [0.15, 0.2) is 0 Å². The largest absolute Gasteiger partial charge is 0.447 e. The van der Waals surface area contributed by atoms with Crippen molar-refractivity contribution in [3.63, 3.8) is 0 Å². The number of rotatable bonds is 3. The lowest BCUT2D eigenvalue weighted by Crippen LogP contribution is -2.29. The molecular weight excluding hydrogens is 194 g/mol. The monoisotopic (exact) mass is 209 g/mol. The Morgan fingerprint density at radius 1 is 1.73 bits per heavy atom. The van der Waals surface area contributed by atoms with E-state index in [1.165, 1.54) is 6.92 Å². The molecule has 0 aliphatic heterocycles. The van der Waals surface area contributed by atoms with Crippen LogP contribution < -0.4 is 0 Å². The van der Waals surface area contributed by atoms with Gasteiger partial charge in [-0.25, -0.2) is 0 Å². The molecule has 2 atom stereocenters. The standard InChI is InChI=1S/C11H15NO3/c1-8(13)15-9(7-12)6-11(2)5-3-4-10(11)14/h9H,3-6H2,1-2H3/t9?,11-/m0/s1. The van der Waals surface area contributed by atoms with Crippen molar-refractivity contribution in [3.8, 4) is 6.07 Å². The predicted octanol–water partition coefficient (Wildman–Crippen LogP) is 1.59. The highest BCUT2D eigenvalue weighted by Crippen LogP contribution is 2.38. The van der Waals surface area contributed by atoms with Crippen LogP contribution in [0.3, 0.4) is 0 Å². The number of ketones is 1. The van der Waals surface area contributed by atoms with Crippen LogP contribution in [0.2, 0.25) is 0 Å². The molecule has 0 aromatic carbocycles. The Balaban J connectivity index is 2.62. The number of esters is 1. The number of hydrogen-bond donors (Lipinski definition) is 0. The predicted molar refractivity (Wildman–Crippen MR) is 52.7 cm³/mol. The lowest BCUT2D eigenvalue weighted by molar-refractivity contribution is -0.146. The van der Waals surface area contributed by atoms with E-state index in [9.17, 15) is 9.59 Å². The molecule has 15 heavy (non-hydrogen) atoms. The number of carbonyl (C=O) groups excluding carboxylic acids is 2. The molecule has 1 fully saturated rings. The van der Waals surface area contributed by atoms with Crippen molar-refractivity contribution >= 4 is 11.8 Å². The van der Waals surface area contributed by atoms with Crippen LogP contribution in [0.5, 0.6) is 0 Å². The molecule has 0 aromatic rings. The molecule has 0 N–H and O–H groups in total. The van der Waals surface area contributed by atoms with Crippen molar-refractivity contribution in [2.45, 2.75) is 45.6 Å². The third kappa shape index (κ3) is 2.79. The van der Waals surface area contributed by atoms with Gasteiger partial charge in [-0.1, -0.05) is 6.92 Å². The summed E-state index contributed by atoms with van der Waals surface area (Å²) in [6, 6.07) is 1.91. The number of nitriles is 1. The van der Waals surface area contributed by atoms with Gasteiger partial charge in [-0.15, -0.1) is 0 Å². The average molecular weight is 209 g/mol. The SMILES string of the molecule is CC(=O)OC(C#N)C[C@]1(C)CCCC1=O. The highest BCUT2D eigenvalue weighted by atomic mass is 16.5. The van der Waals surface area contributed by atoms with Gasteiger partial charge in [-0.05, 0) is 12.8 Å². The van der Waals surface area contributed by atoms with Gasteiger partial charge in [0.05, 0.1) is 0 Å². The van der Waals surface area contributed by atoms with Gasteiger partial charge in [0.25, 0.3) is 0 Å². The maximum Gasteiger partial charge on any atom is 0.303 e. The normalized spacial score (nSPS) is 27.1. The summed E-state index contributed by atoms with van der Waals surface area (Å²) in [7, 11) is 0. The van der Waals surface area contributed by atoms with Crippen LogP contribution in [0, 0.1) is 16.7 Å². The molecule has 1 saturated carbocycles. The van der Waals surface area contributed by atoms with Crippen LogP contribution in [0.1, 0.15) is 39.5 Å². The van der Waals surface area contributed by atoms with Gasteiger partial charge >= 0.3 is 5.97 Å². The van der Waals surface area contributed by atoms with Gasteiger partial charge in [0.15, 0.2) is 6.10 Å². The second kappa shape index (κ2) is 4.43. The van der Waals surface area contributed by atoms with E-state index in [0.29, 0.717) is 12.8 Å². The highest BCUT2D eigenvalue weighted by molar-refractivity contribution is 5.86. The van der Waals surface area contributed by atoms with E-state index in [0.717, 1.165) is 12.8 Å². The number of ether oxygens (including phenoxy) is 1. The lowest BCUT2D eigenvalue weighted by atomic mass is 9.82. The fourth-order valence-corrected chi connectivity index (χ4v) is 2.02. The molecule has 0 spiro atoms. The maximum absolute atomic E-state index is 11.6. The van der Waals surface area contributed by atoms with Crippen molar-refractivity contribution in [1.82, 2.24) is 0 Å². The molecule has 82 valence electrons. The summed E-state index contributed by atoms with van der Waals surface area (Å²) in [4.78, 5) is 22.3. The number of carbonyl (C=O) groups is 2. The van der Waals surface area contributed by atoms with E-state index in [2.05, 4.69) is 0 Å². The Bertz CT molecular complexity index is 318. The molecule has 1 rings (SSSR count). The fourth-order valence-electron chi connectivity index (χ4n) is 2.02.